The lowest BCUT2D eigenvalue weighted by molar-refractivity contribution is -0.132. The maximum Gasteiger partial charge on any atom is 0.239 e. The molecule has 1 aromatic rings. The van der Waals surface area contributed by atoms with Gasteiger partial charge in [-0.25, -0.2) is 0 Å². The average Bonchev–Trinajstić information content (AvgIpc) is 2.85. The highest BCUT2D eigenvalue weighted by Gasteiger charge is 2.37. The van der Waals surface area contributed by atoms with Gasteiger partial charge in [-0.15, -0.1) is 0 Å². The van der Waals surface area contributed by atoms with Gasteiger partial charge in [-0.2, -0.15) is 0 Å². The number of hydrogen-bond donors (Lipinski definition) is 2. The second-order valence-electron chi connectivity index (χ2n) is 5.06. The van der Waals surface area contributed by atoms with Crippen LogP contribution in [-0.2, 0) is 9.59 Å². The van der Waals surface area contributed by atoms with Gasteiger partial charge >= 0.3 is 0 Å². The van der Waals surface area contributed by atoms with Crippen LogP contribution in [0.15, 0.2) is 28.7 Å². The number of halogens is 1. The van der Waals surface area contributed by atoms with Crippen molar-refractivity contribution in [3.05, 3.63) is 28.7 Å². The molecule has 6 heteroatoms. The molecule has 0 radical (unpaired) electrons. The number of hydrogen-bond acceptors (Lipinski definition) is 3. The molecule has 2 N–H and O–H groups in total. The van der Waals surface area contributed by atoms with Crippen LogP contribution in [0.5, 0.6) is 0 Å². The summed E-state index contributed by atoms with van der Waals surface area (Å²) in [7, 11) is 1.87. The minimum Gasteiger partial charge on any atom is -0.355 e. The van der Waals surface area contributed by atoms with Gasteiger partial charge in [0.2, 0.25) is 11.8 Å². The van der Waals surface area contributed by atoms with Crippen molar-refractivity contribution in [2.45, 2.75) is 12.8 Å². The van der Waals surface area contributed by atoms with E-state index in [4.69, 9.17) is 0 Å². The van der Waals surface area contributed by atoms with Gasteiger partial charge in [-0.05, 0) is 44.6 Å². The zero-order chi connectivity index (χ0) is 15.2. The molecular weight excluding hydrogens is 334 g/mol. The molecule has 1 aliphatic rings. The van der Waals surface area contributed by atoms with Crippen LogP contribution in [0.3, 0.4) is 0 Å². The molecule has 1 aromatic carbocycles. The molecule has 0 bridgehead atoms. The Morgan fingerprint density at radius 3 is 2.95 bits per heavy atom. The van der Waals surface area contributed by atoms with Crippen LogP contribution >= 0.6 is 15.9 Å². The van der Waals surface area contributed by atoms with Crippen molar-refractivity contribution < 1.29 is 9.59 Å². The third kappa shape index (κ3) is 4.04. The smallest absolute Gasteiger partial charge is 0.239 e. The van der Waals surface area contributed by atoms with E-state index in [1.807, 2.05) is 31.3 Å². The lowest BCUT2D eigenvalue weighted by atomic mass is 10.1. The Kier molecular flexibility index (Phi) is 5.76. The molecule has 2 rings (SSSR count). The lowest BCUT2D eigenvalue weighted by Crippen LogP contribution is -2.37. The molecule has 1 heterocycles. The quantitative estimate of drug-likeness (QED) is 0.602. The summed E-state index contributed by atoms with van der Waals surface area (Å²) in [4.78, 5) is 26.1. The fraction of sp³-hybridized carbons (Fsp3) is 0.467. The first-order valence-electron chi connectivity index (χ1n) is 7.12. The highest BCUT2D eigenvalue weighted by molar-refractivity contribution is 9.10. The summed E-state index contributed by atoms with van der Waals surface area (Å²) in [6.07, 6.45) is 1.43. The molecule has 5 nitrogen and oxygen atoms in total. The van der Waals surface area contributed by atoms with Crippen LogP contribution in [0, 0.1) is 5.92 Å². The van der Waals surface area contributed by atoms with E-state index in [9.17, 15) is 9.59 Å². The number of benzene rings is 1. The Labute approximate surface area is 133 Å². The van der Waals surface area contributed by atoms with Crippen molar-refractivity contribution in [2.75, 3.05) is 31.6 Å². The highest BCUT2D eigenvalue weighted by atomic mass is 79.9. The Morgan fingerprint density at radius 1 is 1.43 bits per heavy atom. The first-order valence-corrected chi connectivity index (χ1v) is 7.92. The number of anilines is 1. The number of nitrogens with zero attached hydrogens (tertiary/aromatic N) is 1. The van der Waals surface area contributed by atoms with Gasteiger partial charge < -0.3 is 15.5 Å². The predicted molar refractivity (Wildman–Crippen MR) is 86.2 cm³/mol. The minimum atomic E-state index is -0.557. The topological polar surface area (TPSA) is 61.4 Å². The zero-order valence-electron chi connectivity index (χ0n) is 12.1. The van der Waals surface area contributed by atoms with Gasteiger partial charge in [0.25, 0.3) is 0 Å². The third-order valence-corrected chi connectivity index (χ3v) is 4.04. The number of carbonyl (C=O) groups is 2. The van der Waals surface area contributed by atoms with Gasteiger partial charge in [-0.3, -0.25) is 9.59 Å². The molecule has 0 aromatic heterocycles. The van der Waals surface area contributed by atoms with E-state index in [0.717, 1.165) is 23.1 Å². The van der Waals surface area contributed by atoms with Gasteiger partial charge in [-0.1, -0.05) is 22.0 Å². The van der Waals surface area contributed by atoms with Crippen molar-refractivity contribution in [3.8, 4) is 0 Å². The standard InChI is InChI=1S/C15H20BrN3O2/c1-17-7-3-8-18-14(20)13-6-9-19(15(13)21)12-5-2-4-11(16)10-12/h2,4-5,10,13,17H,3,6-9H2,1H3,(H,18,20). The Bertz CT molecular complexity index is 521. The summed E-state index contributed by atoms with van der Waals surface area (Å²) in [5.41, 5.74) is 0.833. The van der Waals surface area contributed by atoms with E-state index in [1.54, 1.807) is 4.90 Å². The highest BCUT2D eigenvalue weighted by Crippen LogP contribution is 2.27. The fourth-order valence-corrected chi connectivity index (χ4v) is 2.81. The second kappa shape index (κ2) is 7.56. The van der Waals surface area contributed by atoms with Crippen LogP contribution in [0.25, 0.3) is 0 Å². The van der Waals surface area contributed by atoms with E-state index in [1.165, 1.54) is 0 Å². The lowest BCUT2D eigenvalue weighted by Gasteiger charge is -2.17. The van der Waals surface area contributed by atoms with E-state index in [-0.39, 0.29) is 11.8 Å². The van der Waals surface area contributed by atoms with Gasteiger partial charge in [0.15, 0.2) is 0 Å². The molecule has 2 amide bonds. The summed E-state index contributed by atoms with van der Waals surface area (Å²) in [5.74, 6) is -0.827. The van der Waals surface area contributed by atoms with Crippen LogP contribution < -0.4 is 15.5 Å². The molecule has 0 aliphatic carbocycles. The Balaban J connectivity index is 1.93. The Hall–Kier alpha value is -1.40. The summed E-state index contributed by atoms with van der Waals surface area (Å²) in [6.45, 7) is 2.04. The van der Waals surface area contributed by atoms with Gasteiger partial charge in [0, 0.05) is 23.2 Å². The van der Waals surface area contributed by atoms with Crippen molar-refractivity contribution in [2.24, 2.45) is 5.92 Å². The molecule has 1 atom stereocenters. The summed E-state index contributed by atoms with van der Waals surface area (Å²) >= 11 is 3.40. The van der Waals surface area contributed by atoms with E-state index >= 15 is 0 Å². The summed E-state index contributed by atoms with van der Waals surface area (Å²) in [5, 5.41) is 5.86. The molecular formula is C15H20BrN3O2. The van der Waals surface area contributed by atoms with Crippen molar-refractivity contribution >= 4 is 33.4 Å². The minimum absolute atomic E-state index is 0.112. The average molecular weight is 354 g/mol. The molecule has 1 fully saturated rings. The number of amides is 2. The van der Waals surface area contributed by atoms with Crippen molar-refractivity contribution in [1.82, 2.24) is 10.6 Å². The van der Waals surface area contributed by atoms with E-state index in [0.29, 0.717) is 19.5 Å². The number of rotatable bonds is 6. The molecule has 1 unspecified atom stereocenters. The van der Waals surface area contributed by atoms with E-state index in [2.05, 4.69) is 26.6 Å². The van der Waals surface area contributed by atoms with Gasteiger partial charge in [0.05, 0.1) is 0 Å². The van der Waals surface area contributed by atoms with Crippen molar-refractivity contribution in [3.63, 3.8) is 0 Å². The third-order valence-electron chi connectivity index (χ3n) is 3.54. The molecule has 1 aliphatic heterocycles. The maximum atomic E-state index is 12.4. The number of carbonyl (C=O) groups excluding carboxylic acids is 2. The first-order chi connectivity index (χ1) is 10.1. The van der Waals surface area contributed by atoms with Crippen LogP contribution in [0.2, 0.25) is 0 Å². The normalized spacial score (nSPS) is 18.1. The maximum absolute atomic E-state index is 12.4. The largest absolute Gasteiger partial charge is 0.355 e. The first kappa shape index (κ1) is 16.0. The molecule has 21 heavy (non-hydrogen) atoms. The second-order valence-corrected chi connectivity index (χ2v) is 5.97. The fourth-order valence-electron chi connectivity index (χ4n) is 2.42. The summed E-state index contributed by atoms with van der Waals surface area (Å²) in [6, 6.07) is 7.58. The monoisotopic (exact) mass is 353 g/mol. The van der Waals surface area contributed by atoms with Gasteiger partial charge in [0.1, 0.15) is 5.92 Å². The van der Waals surface area contributed by atoms with Crippen LogP contribution in [0.1, 0.15) is 12.8 Å². The molecule has 114 valence electrons. The number of nitrogens with one attached hydrogen (secondary N) is 2. The molecule has 1 saturated heterocycles. The Morgan fingerprint density at radius 2 is 2.24 bits per heavy atom. The van der Waals surface area contributed by atoms with E-state index < -0.39 is 5.92 Å². The predicted octanol–water partition coefficient (Wildman–Crippen LogP) is 1.53. The van der Waals surface area contributed by atoms with Crippen LogP contribution in [-0.4, -0.2) is 38.5 Å². The van der Waals surface area contributed by atoms with Crippen molar-refractivity contribution in [1.29, 1.82) is 0 Å². The molecule has 0 spiro atoms. The molecule has 0 saturated carbocycles. The van der Waals surface area contributed by atoms with Crippen LogP contribution in [0.4, 0.5) is 5.69 Å². The zero-order valence-corrected chi connectivity index (χ0v) is 13.6. The summed E-state index contributed by atoms with van der Waals surface area (Å²) < 4.78 is 0.924. The SMILES string of the molecule is CNCCCNC(=O)C1CCN(c2cccc(Br)c2)C1=O.